The summed E-state index contributed by atoms with van der Waals surface area (Å²) >= 11 is 0. The molecule has 90 valence electrons. The van der Waals surface area contributed by atoms with E-state index in [1.165, 1.54) is 18.3 Å². The number of sulfonamides is 1. The Kier molecular flexibility index (Phi) is 4.66. The van der Waals surface area contributed by atoms with Crippen molar-refractivity contribution < 1.29 is 8.42 Å². The highest BCUT2D eigenvalue weighted by Gasteiger charge is 2.13. The van der Waals surface area contributed by atoms with Crippen LogP contribution < -0.4 is 16.0 Å². The standard InChI is InChI=1S/C9H16N4O2S/c1-2-3-6-12-16(14,15)8-4-5-9(13-10)11-7-8/h4-5,7,12H,2-3,6,10H2,1H3,(H,11,13). The van der Waals surface area contributed by atoms with Crippen molar-refractivity contribution in [3.63, 3.8) is 0 Å². The Balaban J connectivity index is 2.74. The highest BCUT2D eigenvalue weighted by Crippen LogP contribution is 2.09. The molecule has 0 aliphatic heterocycles. The largest absolute Gasteiger partial charge is 0.308 e. The SMILES string of the molecule is CCCCNS(=O)(=O)c1ccc(NN)nc1. The third kappa shape index (κ3) is 3.44. The van der Waals surface area contributed by atoms with E-state index < -0.39 is 10.0 Å². The molecular formula is C9H16N4O2S. The first-order chi connectivity index (χ1) is 7.60. The van der Waals surface area contributed by atoms with Crippen LogP contribution in [0.15, 0.2) is 23.2 Å². The highest BCUT2D eigenvalue weighted by molar-refractivity contribution is 7.89. The lowest BCUT2D eigenvalue weighted by Gasteiger charge is -2.06. The van der Waals surface area contributed by atoms with Crippen LogP contribution in [0, 0.1) is 0 Å². The molecule has 0 saturated carbocycles. The zero-order valence-corrected chi connectivity index (χ0v) is 9.92. The van der Waals surface area contributed by atoms with Crippen LogP contribution in [0.1, 0.15) is 19.8 Å². The molecule has 4 N–H and O–H groups in total. The number of nitrogens with zero attached hydrogens (tertiary/aromatic N) is 1. The van der Waals surface area contributed by atoms with Crippen molar-refractivity contribution in [2.45, 2.75) is 24.7 Å². The van der Waals surface area contributed by atoms with Crippen LogP contribution in [0.25, 0.3) is 0 Å². The molecule has 1 aromatic heterocycles. The van der Waals surface area contributed by atoms with Gasteiger partial charge in [0.2, 0.25) is 10.0 Å². The minimum absolute atomic E-state index is 0.141. The molecule has 6 nitrogen and oxygen atoms in total. The van der Waals surface area contributed by atoms with Gasteiger partial charge in [-0.1, -0.05) is 13.3 Å². The zero-order valence-electron chi connectivity index (χ0n) is 9.10. The van der Waals surface area contributed by atoms with Crippen LogP contribution in [-0.2, 0) is 10.0 Å². The normalized spacial score (nSPS) is 11.4. The number of nitrogen functional groups attached to an aromatic ring is 1. The molecule has 0 bridgehead atoms. The second-order valence-electron chi connectivity index (χ2n) is 3.27. The van der Waals surface area contributed by atoms with Gasteiger partial charge >= 0.3 is 0 Å². The summed E-state index contributed by atoms with van der Waals surface area (Å²) in [5, 5.41) is 0. The monoisotopic (exact) mass is 244 g/mol. The molecule has 0 unspecified atom stereocenters. The predicted molar refractivity (Wildman–Crippen MR) is 62.1 cm³/mol. The molecule has 1 rings (SSSR count). The third-order valence-electron chi connectivity index (χ3n) is 2.02. The van der Waals surface area contributed by atoms with Gasteiger partial charge in [0.05, 0.1) is 0 Å². The molecule has 0 fully saturated rings. The van der Waals surface area contributed by atoms with Gasteiger partial charge < -0.3 is 5.43 Å². The van der Waals surface area contributed by atoms with Crippen molar-refractivity contribution in [1.29, 1.82) is 0 Å². The van der Waals surface area contributed by atoms with Gasteiger partial charge in [0, 0.05) is 12.7 Å². The summed E-state index contributed by atoms with van der Waals surface area (Å²) in [5.41, 5.74) is 2.33. The highest BCUT2D eigenvalue weighted by atomic mass is 32.2. The molecule has 1 heterocycles. The molecule has 7 heteroatoms. The number of aromatic nitrogens is 1. The number of hydrogen-bond donors (Lipinski definition) is 3. The predicted octanol–water partition coefficient (Wildman–Crippen LogP) is 0.446. The summed E-state index contributed by atoms with van der Waals surface area (Å²) in [6.45, 7) is 2.44. The Labute approximate surface area is 95.3 Å². The van der Waals surface area contributed by atoms with E-state index in [0.717, 1.165) is 12.8 Å². The number of anilines is 1. The van der Waals surface area contributed by atoms with Crippen LogP contribution in [0.4, 0.5) is 5.82 Å². The van der Waals surface area contributed by atoms with Crippen LogP contribution in [0.2, 0.25) is 0 Å². The minimum atomic E-state index is -3.44. The Morgan fingerprint density at radius 3 is 2.69 bits per heavy atom. The van der Waals surface area contributed by atoms with Crippen LogP contribution >= 0.6 is 0 Å². The number of rotatable bonds is 6. The molecule has 1 aromatic rings. The number of nitrogens with one attached hydrogen (secondary N) is 2. The van der Waals surface area contributed by atoms with Crippen molar-refractivity contribution in [3.05, 3.63) is 18.3 Å². The van der Waals surface area contributed by atoms with Gasteiger partial charge in [0.1, 0.15) is 10.7 Å². The van der Waals surface area contributed by atoms with E-state index in [-0.39, 0.29) is 4.90 Å². The van der Waals surface area contributed by atoms with Crippen LogP contribution in [-0.4, -0.2) is 19.9 Å². The molecule has 0 saturated heterocycles. The number of pyridine rings is 1. The first-order valence-electron chi connectivity index (χ1n) is 5.02. The molecule has 0 atom stereocenters. The van der Waals surface area contributed by atoms with Gasteiger partial charge in [-0.25, -0.2) is 24.0 Å². The summed E-state index contributed by atoms with van der Waals surface area (Å²) in [6.07, 6.45) is 3.02. The third-order valence-corrected chi connectivity index (χ3v) is 3.46. The molecule has 16 heavy (non-hydrogen) atoms. The molecule has 0 radical (unpaired) electrons. The van der Waals surface area contributed by atoms with Crippen LogP contribution in [0.5, 0.6) is 0 Å². The molecule has 0 aliphatic carbocycles. The number of hydrazine groups is 1. The van der Waals surface area contributed by atoms with E-state index in [1.54, 1.807) is 0 Å². The van der Waals surface area contributed by atoms with E-state index in [2.05, 4.69) is 15.1 Å². The van der Waals surface area contributed by atoms with Gasteiger partial charge in [-0.3, -0.25) is 0 Å². The maximum Gasteiger partial charge on any atom is 0.242 e. The summed E-state index contributed by atoms with van der Waals surface area (Å²) in [6, 6.07) is 2.96. The van der Waals surface area contributed by atoms with E-state index in [9.17, 15) is 8.42 Å². The summed E-state index contributed by atoms with van der Waals surface area (Å²) < 4.78 is 25.9. The first kappa shape index (κ1) is 12.9. The van der Waals surface area contributed by atoms with E-state index in [4.69, 9.17) is 5.84 Å². The molecule has 0 aromatic carbocycles. The average molecular weight is 244 g/mol. The summed E-state index contributed by atoms with van der Waals surface area (Å²) in [5.74, 6) is 5.55. The quantitative estimate of drug-likeness (QED) is 0.383. The molecule has 0 spiro atoms. The van der Waals surface area contributed by atoms with Crippen LogP contribution in [0.3, 0.4) is 0 Å². The smallest absolute Gasteiger partial charge is 0.242 e. The topological polar surface area (TPSA) is 97.1 Å². The Bertz CT molecular complexity index is 416. The first-order valence-corrected chi connectivity index (χ1v) is 6.51. The fourth-order valence-corrected chi connectivity index (χ4v) is 2.11. The maximum absolute atomic E-state index is 11.7. The van der Waals surface area contributed by atoms with E-state index in [0.29, 0.717) is 12.4 Å². The zero-order chi connectivity index (χ0) is 12.0. The molecule has 0 aliphatic rings. The van der Waals surface area contributed by atoms with Crippen molar-refractivity contribution in [2.75, 3.05) is 12.0 Å². The summed E-state index contributed by atoms with van der Waals surface area (Å²) in [7, 11) is -3.44. The Morgan fingerprint density at radius 1 is 1.44 bits per heavy atom. The Morgan fingerprint density at radius 2 is 2.19 bits per heavy atom. The van der Waals surface area contributed by atoms with E-state index in [1.807, 2.05) is 6.92 Å². The lowest BCUT2D eigenvalue weighted by atomic mass is 10.3. The van der Waals surface area contributed by atoms with Gasteiger partial charge in [0.25, 0.3) is 0 Å². The Hall–Kier alpha value is -1.18. The maximum atomic E-state index is 11.7. The second-order valence-corrected chi connectivity index (χ2v) is 5.04. The van der Waals surface area contributed by atoms with Crippen molar-refractivity contribution in [1.82, 2.24) is 9.71 Å². The fraction of sp³-hybridized carbons (Fsp3) is 0.444. The average Bonchev–Trinajstić information content (AvgIpc) is 2.29. The lowest BCUT2D eigenvalue weighted by Crippen LogP contribution is -2.24. The van der Waals surface area contributed by atoms with Gasteiger partial charge in [-0.2, -0.15) is 0 Å². The summed E-state index contributed by atoms with van der Waals surface area (Å²) in [4.78, 5) is 3.98. The number of unbranched alkanes of at least 4 members (excludes halogenated alkanes) is 1. The van der Waals surface area contributed by atoms with Crippen molar-refractivity contribution in [3.8, 4) is 0 Å². The van der Waals surface area contributed by atoms with E-state index >= 15 is 0 Å². The van der Waals surface area contributed by atoms with Gasteiger partial charge in [-0.05, 0) is 18.6 Å². The number of hydrogen-bond acceptors (Lipinski definition) is 5. The lowest BCUT2D eigenvalue weighted by molar-refractivity contribution is 0.578. The van der Waals surface area contributed by atoms with Gasteiger partial charge in [0.15, 0.2) is 0 Å². The fourth-order valence-electron chi connectivity index (χ4n) is 1.09. The molecular weight excluding hydrogens is 228 g/mol. The molecule has 0 amide bonds. The number of nitrogens with two attached hydrogens (primary N) is 1. The van der Waals surface area contributed by atoms with Gasteiger partial charge in [-0.15, -0.1) is 0 Å². The van der Waals surface area contributed by atoms with Crippen molar-refractivity contribution in [2.24, 2.45) is 5.84 Å². The minimum Gasteiger partial charge on any atom is -0.308 e. The van der Waals surface area contributed by atoms with Crippen molar-refractivity contribution >= 4 is 15.8 Å². The second kappa shape index (κ2) is 5.78.